The predicted molar refractivity (Wildman–Crippen MR) is 183 cm³/mol. The predicted octanol–water partition coefficient (Wildman–Crippen LogP) is 8.09. The molecule has 2 aromatic heterocycles. The van der Waals surface area contributed by atoms with E-state index in [1.165, 1.54) is 12.1 Å². The van der Waals surface area contributed by atoms with Gasteiger partial charge in [0.15, 0.2) is 6.10 Å². The highest BCUT2D eigenvalue weighted by atomic mass is 19.1. The first-order valence-corrected chi connectivity index (χ1v) is 16.3. The van der Waals surface area contributed by atoms with Crippen molar-refractivity contribution in [3.8, 4) is 28.1 Å². The van der Waals surface area contributed by atoms with Crippen molar-refractivity contribution >= 4 is 11.7 Å². The molecule has 0 bridgehead atoms. The number of piperidine rings is 1. The molecular weight excluding hydrogens is 595 g/mol. The van der Waals surface area contributed by atoms with E-state index in [0.29, 0.717) is 30.0 Å². The molecule has 0 saturated carbocycles. The molecule has 1 fully saturated rings. The molecule has 47 heavy (non-hydrogen) atoms. The summed E-state index contributed by atoms with van der Waals surface area (Å²) in [6.45, 7) is 16.0. The van der Waals surface area contributed by atoms with Crippen LogP contribution in [0.1, 0.15) is 76.1 Å². The number of nitrogens with zero attached hydrogens (tertiary/aromatic N) is 4. The molecule has 5 rings (SSSR count). The second-order valence-corrected chi connectivity index (χ2v) is 14.3. The van der Waals surface area contributed by atoms with Crippen molar-refractivity contribution in [1.29, 1.82) is 0 Å². The Bertz CT molecular complexity index is 1710. The molecule has 0 radical (unpaired) electrons. The number of anilines is 1. The fourth-order valence-corrected chi connectivity index (χ4v) is 6.22. The molecule has 1 N–H and O–H groups in total. The van der Waals surface area contributed by atoms with Gasteiger partial charge in [0.25, 0.3) is 0 Å². The van der Waals surface area contributed by atoms with Gasteiger partial charge in [0.2, 0.25) is 0 Å². The topological polar surface area (TPSA) is 89.7 Å². The van der Waals surface area contributed by atoms with Crippen LogP contribution in [0.25, 0.3) is 22.4 Å². The molecule has 9 heteroatoms. The van der Waals surface area contributed by atoms with E-state index in [4.69, 9.17) is 14.5 Å². The van der Waals surface area contributed by atoms with Crippen molar-refractivity contribution in [2.45, 2.75) is 79.4 Å². The van der Waals surface area contributed by atoms with Gasteiger partial charge in [0, 0.05) is 55.1 Å². The molecule has 0 spiro atoms. The summed E-state index contributed by atoms with van der Waals surface area (Å²) in [5.74, 6) is -0.604. The SMILES string of the molecule is Cc1nn(C)cc1-c1nc(C)c([C@H](OC(C)(C)C)C(=O)O)c(N2CCC(C)(C)CC2)c1-c1ccc(OCCc2ccc(F)cc2)cc1. The zero-order valence-corrected chi connectivity index (χ0v) is 28.9. The third-order valence-corrected chi connectivity index (χ3v) is 8.77. The fraction of sp³-hybridized carbons (Fsp3) is 0.447. The van der Waals surface area contributed by atoms with Crippen LogP contribution in [-0.2, 0) is 23.0 Å². The van der Waals surface area contributed by atoms with Gasteiger partial charge < -0.3 is 19.5 Å². The Kier molecular flexibility index (Phi) is 9.78. The van der Waals surface area contributed by atoms with Crippen LogP contribution in [0.3, 0.4) is 0 Å². The second-order valence-electron chi connectivity index (χ2n) is 14.3. The Morgan fingerprint density at radius 1 is 1.02 bits per heavy atom. The third-order valence-electron chi connectivity index (χ3n) is 8.77. The quantitative estimate of drug-likeness (QED) is 0.187. The largest absolute Gasteiger partial charge is 0.493 e. The molecule has 1 aliphatic heterocycles. The number of carbonyl (C=O) groups is 1. The zero-order chi connectivity index (χ0) is 34.1. The standard InChI is InChI=1S/C38H47FN4O4/c1-24-30(23-42(8)41-24)33-32(27-11-15-29(16-12-27)46-22-17-26-9-13-28(39)14-10-26)34(43-20-18-38(6,7)19-21-43)31(25(2)40-33)35(36(44)45)47-37(3,4)5/h9-16,23,35H,17-22H2,1-8H3,(H,44,45)/t35-/m0/s1. The van der Waals surface area contributed by atoms with E-state index in [0.717, 1.165) is 65.3 Å². The molecule has 4 aromatic rings. The van der Waals surface area contributed by atoms with Crippen molar-refractivity contribution in [2.75, 3.05) is 24.6 Å². The van der Waals surface area contributed by atoms with Gasteiger partial charge in [-0.1, -0.05) is 38.1 Å². The van der Waals surface area contributed by atoms with Crippen LogP contribution in [0.15, 0.2) is 54.7 Å². The lowest BCUT2D eigenvalue weighted by Gasteiger charge is -2.41. The first-order chi connectivity index (χ1) is 22.1. The molecule has 0 unspecified atom stereocenters. The minimum Gasteiger partial charge on any atom is -0.493 e. The van der Waals surface area contributed by atoms with Crippen molar-refractivity contribution in [3.05, 3.63) is 83.1 Å². The first-order valence-electron chi connectivity index (χ1n) is 16.3. The normalized spacial score (nSPS) is 15.5. The molecule has 250 valence electrons. The van der Waals surface area contributed by atoms with Crippen LogP contribution in [0.2, 0.25) is 0 Å². The lowest BCUT2D eigenvalue weighted by molar-refractivity contribution is -0.160. The summed E-state index contributed by atoms with van der Waals surface area (Å²) < 4.78 is 27.5. The zero-order valence-electron chi connectivity index (χ0n) is 28.9. The van der Waals surface area contributed by atoms with E-state index in [2.05, 4.69) is 23.8 Å². The first kappa shape index (κ1) is 34.1. The maximum absolute atomic E-state index is 13.3. The van der Waals surface area contributed by atoms with Gasteiger partial charge in [-0.3, -0.25) is 9.67 Å². The van der Waals surface area contributed by atoms with Gasteiger partial charge in [0.1, 0.15) is 11.6 Å². The monoisotopic (exact) mass is 642 g/mol. The van der Waals surface area contributed by atoms with Crippen LogP contribution >= 0.6 is 0 Å². The second kappa shape index (κ2) is 13.5. The molecule has 1 saturated heterocycles. The van der Waals surface area contributed by atoms with Crippen LogP contribution in [0, 0.1) is 25.1 Å². The lowest BCUT2D eigenvalue weighted by atomic mass is 9.81. The van der Waals surface area contributed by atoms with E-state index < -0.39 is 17.7 Å². The number of aliphatic carboxylic acids is 1. The number of aromatic nitrogens is 3. The Labute approximate surface area is 277 Å². The molecule has 0 amide bonds. The van der Waals surface area contributed by atoms with E-state index in [-0.39, 0.29) is 11.2 Å². The molecule has 3 heterocycles. The molecule has 8 nitrogen and oxygen atoms in total. The maximum Gasteiger partial charge on any atom is 0.337 e. The summed E-state index contributed by atoms with van der Waals surface area (Å²) in [6.07, 6.45) is 3.33. The summed E-state index contributed by atoms with van der Waals surface area (Å²) in [7, 11) is 1.89. The number of rotatable bonds is 10. The highest BCUT2D eigenvalue weighted by Crippen LogP contribution is 2.48. The van der Waals surface area contributed by atoms with Crippen molar-refractivity contribution in [2.24, 2.45) is 12.5 Å². The molecule has 2 aromatic carbocycles. The molecule has 1 aliphatic rings. The van der Waals surface area contributed by atoms with E-state index in [9.17, 15) is 14.3 Å². The van der Waals surface area contributed by atoms with E-state index in [1.807, 2.05) is 72.1 Å². The number of carboxylic acid groups (broad SMARTS) is 1. The number of hydrogen-bond donors (Lipinski definition) is 1. The Balaban J connectivity index is 1.66. The third kappa shape index (κ3) is 8.01. The molecule has 1 atom stereocenters. The number of carboxylic acids is 1. The van der Waals surface area contributed by atoms with Gasteiger partial charge in [-0.15, -0.1) is 0 Å². The van der Waals surface area contributed by atoms with Gasteiger partial charge in [0.05, 0.1) is 29.3 Å². The molecule has 0 aliphatic carbocycles. The summed E-state index contributed by atoms with van der Waals surface area (Å²) in [5.41, 5.74) is 6.72. The van der Waals surface area contributed by atoms with E-state index >= 15 is 0 Å². The van der Waals surface area contributed by atoms with Crippen LogP contribution in [-0.4, -0.2) is 51.1 Å². The van der Waals surface area contributed by atoms with Crippen molar-refractivity contribution < 1.29 is 23.8 Å². The number of ether oxygens (including phenoxy) is 2. The highest BCUT2D eigenvalue weighted by Gasteiger charge is 2.37. The minimum absolute atomic E-state index is 0.183. The van der Waals surface area contributed by atoms with Crippen LogP contribution < -0.4 is 9.64 Å². The average molecular weight is 643 g/mol. The smallest absolute Gasteiger partial charge is 0.337 e. The highest BCUT2D eigenvalue weighted by molar-refractivity contribution is 5.95. The van der Waals surface area contributed by atoms with Gasteiger partial charge in [-0.25, -0.2) is 9.18 Å². The minimum atomic E-state index is -1.22. The number of benzene rings is 2. The number of halogens is 1. The summed E-state index contributed by atoms with van der Waals surface area (Å²) in [6, 6.07) is 14.3. The van der Waals surface area contributed by atoms with Gasteiger partial charge in [-0.2, -0.15) is 5.10 Å². The summed E-state index contributed by atoms with van der Waals surface area (Å²) in [5, 5.41) is 15.2. The Hall–Kier alpha value is -4.24. The summed E-state index contributed by atoms with van der Waals surface area (Å²) in [4.78, 5) is 20.4. The molecular formula is C38H47FN4O4. The van der Waals surface area contributed by atoms with Gasteiger partial charge in [-0.05, 0) is 88.3 Å². The fourth-order valence-electron chi connectivity index (χ4n) is 6.22. The maximum atomic E-state index is 13.3. The Morgan fingerprint density at radius 2 is 1.66 bits per heavy atom. The number of hydrogen-bond acceptors (Lipinski definition) is 6. The average Bonchev–Trinajstić information content (AvgIpc) is 3.34. The summed E-state index contributed by atoms with van der Waals surface area (Å²) >= 11 is 0. The van der Waals surface area contributed by atoms with Crippen LogP contribution in [0.4, 0.5) is 10.1 Å². The van der Waals surface area contributed by atoms with Gasteiger partial charge >= 0.3 is 5.97 Å². The van der Waals surface area contributed by atoms with Crippen LogP contribution in [0.5, 0.6) is 5.75 Å². The number of pyridine rings is 1. The van der Waals surface area contributed by atoms with Crippen molar-refractivity contribution in [1.82, 2.24) is 14.8 Å². The Morgan fingerprint density at radius 3 is 2.21 bits per heavy atom. The number of aryl methyl sites for hydroxylation is 3. The lowest BCUT2D eigenvalue weighted by Crippen LogP contribution is -2.39. The van der Waals surface area contributed by atoms with Crippen molar-refractivity contribution in [3.63, 3.8) is 0 Å². The van der Waals surface area contributed by atoms with E-state index in [1.54, 1.807) is 16.8 Å².